The number of nitrogens with zero attached hydrogens (tertiary/aromatic N) is 1. The lowest BCUT2D eigenvalue weighted by Gasteiger charge is -2.31. The fourth-order valence-corrected chi connectivity index (χ4v) is 3.09. The van der Waals surface area contributed by atoms with Crippen LogP contribution in [0.2, 0.25) is 5.02 Å². The number of carbonyl (C=O) groups excluding carboxylic acids is 2. The average molecular weight is 421 g/mol. The molecular weight excluding hydrogens is 395 g/mol. The minimum absolute atomic E-state index is 0.0155. The molecule has 2 aromatic carbocycles. The van der Waals surface area contributed by atoms with Gasteiger partial charge in [0.1, 0.15) is 6.04 Å². The van der Waals surface area contributed by atoms with Gasteiger partial charge in [0, 0.05) is 17.6 Å². The quantitative estimate of drug-likeness (QED) is 0.661. The molecule has 1 N–H and O–H groups in total. The Balaban J connectivity index is 2.24. The van der Waals surface area contributed by atoms with Crippen molar-refractivity contribution in [3.05, 3.63) is 64.9 Å². The predicted molar refractivity (Wildman–Crippen MR) is 111 cm³/mol. The molecule has 0 radical (unpaired) electrons. The van der Waals surface area contributed by atoms with Crippen LogP contribution in [0.25, 0.3) is 0 Å². The molecule has 0 unspecified atom stereocenters. The molecular formula is C22H26ClFN2O3. The summed E-state index contributed by atoms with van der Waals surface area (Å²) in [6, 6.07) is 12.2. The molecule has 0 saturated carbocycles. The highest BCUT2D eigenvalue weighted by atomic mass is 35.5. The zero-order chi connectivity index (χ0) is 21.4. The van der Waals surface area contributed by atoms with Gasteiger partial charge in [0.05, 0.1) is 0 Å². The van der Waals surface area contributed by atoms with Crippen molar-refractivity contribution in [3.8, 4) is 5.75 Å². The summed E-state index contributed by atoms with van der Waals surface area (Å²) in [5, 5.41) is 3.35. The lowest BCUT2D eigenvalue weighted by Crippen LogP contribution is -2.51. The zero-order valence-electron chi connectivity index (χ0n) is 16.8. The van der Waals surface area contributed by atoms with Crippen molar-refractivity contribution < 1.29 is 18.7 Å². The van der Waals surface area contributed by atoms with Gasteiger partial charge in [0.2, 0.25) is 5.91 Å². The van der Waals surface area contributed by atoms with Gasteiger partial charge in [-0.2, -0.15) is 0 Å². The summed E-state index contributed by atoms with van der Waals surface area (Å²) >= 11 is 6.26. The third kappa shape index (κ3) is 6.46. The van der Waals surface area contributed by atoms with Crippen LogP contribution < -0.4 is 10.1 Å². The number of carbonyl (C=O) groups is 2. The number of benzene rings is 2. The molecule has 0 aliphatic heterocycles. The Hall–Kier alpha value is -2.60. The van der Waals surface area contributed by atoms with Gasteiger partial charge in [-0.25, -0.2) is 4.39 Å². The Labute approximate surface area is 175 Å². The molecule has 7 heteroatoms. The van der Waals surface area contributed by atoms with Gasteiger partial charge in [-0.05, 0) is 44.0 Å². The molecule has 0 heterocycles. The van der Waals surface area contributed by atoms with E-state index in [0.29, 0.717) is 17.0 Å². The second kappa shape index (κ2) is 10.8. The fraction of sp³-hybridized carbons (Fsp3) is 0.364. The molecule has 0 fully saturated rings. The molecule has 2 aromatic rings. The van der Waals surface area contributed by atoms with E-state index in [9.17, 15) is 14.0 Å². The van der Waals surface area contributed by atoms with Crippen LogP contribution in [0.3, 0.4) is 0 Å². The van der Waals surface area contributed by atoms with Crippen LogP contribution in [0.4, 0.5) is 4.39 Å². The van der Waals surface area contributed by atoms with Crippen LogP contribution in [0.15, 0.2) is 48.5 Å². The third-order valence-electron chi connectivity index (χ3n) is 4.30. The molecule has 0 saturated heterocycles. The van der Waals surface area contributed by atoms with Gasteiger partial charge < -0.3 is 15.0 Å². The zero-order valence-corrected chi connectivity index (χ0v) is 17.6. The lowest BCUT2D eigenvalue weighted by atomic mass is 10.1. The number of hydrogen-bond donors (Lipinski definition) is 1. The summed E-state index contributed by atoms with van der Waals surface area (Å²) in [4.78, 5) is 27.1. The van der Waals surface area contributed by atoms with Crippen LogP contribution in [0.1, 0.15) is 32.8 Å². The van der Waals surface area contributed by atoms with Crippen LogP contribution in [0.5, 0.6) is 5.75 Å². The maximum atomic E-state index is 13.8. The third-order valence-corrected chi connectivity index (χ3v) is 4.67. The number of rotatable bonds is 9. The van der Waals surface area contributed by atoms with Crippen LogP contribution in [0, 0.1) is 5.82 Å². The van der Waals surface area contributed by atoms with E-state index in [1.165, 1.54) is 23.1 Å². The standard InChI is InChI=1S/C22H26ClFN2O3/c1-4-19(22(28)25-15(2)3)26(13-16-9-5-6-10-17(16)23)21(27)14-29-20-12-8-7-11-18(20)24/h5-12,15,19H,4,13-14H2,1-3H3,(H,25,28)/t19-/m1/s1. The van der Waals surface area contributed by atoms with E-state index in [-0.39, 0.29) is 24.2 Å². The summed E-state index contributed by atoms with van der Waals surface area (Å²) in [5.41, 5.74) is 0.712. The molecule has 2 amide bonds. The Morgan fingerprint density at radius 1 is 1.14 bits per heavy atom. The van der Waals surface area contributed by atoms with Crippen LogP contribution >= 0.6 is 11.6 Å². The number of hydrogen-bond acceptors (Lipinski definition) is 3. The van der Waals surface area contributed by atoms with Gasteiger partial charge in [-0.1, -0.05) is 48.9 Å². The average Bonchev–Trinajstić information content (AvgIpc) is 2.68. The smallest absolute Gasteiger partial charge is 0.261 e. The van der Waals surface area contributed by atoms with Gasteiger partial charge >= 0.3 is 0 Å². The van der Waals surface area contributed by atoms with E-state index >= 15 is 0 Å². The minimum atomic E-state index is -0.703. The highest BCUT2D eigenvalue weighted by Crippen LogP contribution is 2.21. The van der Waals surface area contributed by atoms with E-state index in [0.717, 1.165) is 0 Å². The molecule has 156 valence electrons. The Kier molecular flexibility index (Phi) is 8.46. The Morgan fingerprint density at radius 2 is 1.79 bits per heavy atom. The molecule has 0 aliphatic rings. The summed E-state index contributed by atoms with van der Waals surface area (Å²) in [5.74, 6) is -1.26. The Bertz CT molecular complexity index is 844. The second-order valence-corrected chi connectivity index (χ2v) is 7.33. The summed E-state index contributed by atoms with van der Waals surface area (Å²) in [7, 11) is 0. The molecule has 5 nitrogen and oxygen atoms in total. The first-order valence-corrected chi connectivity index (χ1v) is 9.91. The largest absolute Gasteiger partial charge is 0.481 e. The predicted octanol–water partition coefficient (Wildman–Crippen LogP) is 4.19. The van der Waals surface area contributed by atoms with Crippen molar-refractivity contribution in [1.82, 2.24) is 10.2 Å². The molecule has 1 atom stereocenters. The molecule has 0 aromatic heterocycles. The lowest BCUT2D eigenvalue weighted by molar-refractivity contribution is -0.143. The van der Waals surface area contributed by atoms with Crippen LogP contribution in [-0.2, 0) is 16.1 Å². The van der Waals surface area contributed by atoms with Crippen molar-refractivity contribution in [2.45, 2.75) is 45.8 Å². The maximum Gasteiger partial charge on any atom is 0.261 e. The van der Waals surface area contributed by atoms with Crippen molar-refractivity contribution in [2.75, 3.05) is 6.61 Å². The molecule has 2 rings (SSSR count). The molecule has 0 aliphatic carbocycles. The number of halogens is 2. The highest BCUT2D eigenvalue weighted by molar-refractivity contribution is 6.31. The van der Waals surface area contributed by atoms with Crippen molar-refractivity contribution >= 4 is 23.4 Å². The number of ether oxygens (including phenoxy) is 1. The van der Waals surface area contributed by atoms with E-state index in [4.69, 9.17) is 16.3 Å². The van der Waals surface area contributed by atoms with E-state index in [2.05, 4.69) is 5.32 Å². The number of amides is 2. The Morgan fingerprint density at radius 3 is 2.41 bits per heavy atom. The SMILES string of the molecule is CC[C@H](C(=O)NC(C)C)N(Cc1ccccc1Cl)C(=O)COc1ccccc1F. The number of para-hydroxylation sites is 1. The second-order valence-electron chi connectivity index (χ2n) is 6.92. The molecule has 0 bridgehead atoms. The van der Waals surface area contributed by atoms with Gasteiger partial charge in [0.15, 0.2) is 18.2 Å². The molecule has 0 spiro atoms. The van der Waals surface area contributed by atoms with E-state index in [1.807, 2.05) is 26.8 Å². The monoisotopic (exact) mass is 420 g/mol. The van der Waals surface area contributed by atoms with Crippen molar-refractivity contribution in [2.24, 2.45) is 0 Å². The summed E-state index contributed by atoms with van der Waals surface area (Å²) in [6.07, 6.45) is 0.411. The summed E-state index contributed by atoms with van der Waals surface area (Å²) in [6.45, 7) is 5.29. The van der Waals surface area contributed by atoms with Crippen molar-refractivity contribution in [1.29, 1.82) is 0 Å². The van der Waals surface area contributed by atoms with E-state index < -0.39 is 24.4 Å². The number of nitrogens with one attached hydrogen (secondary N) is 1. The first-order valence-electron chi connectivity index (χ1n) is 9.54. The first-order chi connectivity index (χ1) is 13.8. The normalized spacial score (nSPS) is 11.8. The van der Waals surface area contributed by atoms with Gasteiger partial charge in [-0.15, -0.1) is 0 Å². The van der Waals surface area contributed by atoms with Gasteiger partial charge in [0.25, 0.3) is 5.91 Å². The first kappa shape index (κ1) is 22.7. The highest BCUT2D eigenvalue weighted by Gasteiger charge is 2.29. The van der Waals surface area contributed by atoms with Gasteiger partial charge in [-0.3, -0.25) is 9.59 Å². The maximum absolute atomic E-state index is 13.8. The topological polar surface area (TPSA) is 58.6 Å². The molecule has 29 heavy (non-hydrogen) atoms. The van der Waals surface area contributed by atoms with E-state index in [1.54, 1.807) is 24.3 Å². The van der Waals surface area contributed by atoms with Crippen LogP contribution in [-0.4, -0.2) is 35.4 Å². The fourth-order valence-electron chi connectivity index (χ4n) is 2.89. The summed E-state index contributed by atoms with van der Waals surface area (Å²) < 4.78 is 19.2. The van der Waals surface area contributed by atoms with Crippen molar-refractivity contribution in [3.63, 3.8) is 0 Å². The minimum Gasteiger partial charge on any atom is -0.481 e.